The van der Waals surface area contributed by atoms with Gasteiger partial charge in [0, 0.05) is 39.9 Å². The normalized spacial score (nSPS) is 11.9. The first-order valence-corrected chi connectivity index (χ1v) is 12.6. The Kier molecular flexibility index (Phi) is 8.19. The number of carbonyl (C=O) groups excluding carboxylic acids is 1. The molecule has 37 heavy (non-hydrogen) atoms. The maximum atomic E-state index is 14.7. The van der Waals surface area contributed by atoms with E-state index in [1.165, 1.54) is 0 Å². The van der Waals surface area contributed by atoms with Gasteiger partial charge in [0.25, 0.3) is 5.91 Å². The molecule has 9 heteroatoms. The van der Waals surface area contributed by atoms with Crippen LogP contribution < -0.4 is 5.32 Å². The number of carbonyl (C=O) groups is 2. The molecule has 5 nitrogen and oxygen atoms in total. The molecule has 2 N–H and O–H groups in total. The lowest BCUT2D eigenvalue weighted by Gasteiger charge is -2.21. The molecule has 1 heterocycles. The van der Waals surface area contributed by atoms with E-state index in [0.717, 1.165) is 22.2 Å². The zero-order chi connectivity index (χ0) is 26.7. The fraction of sp³-hybridized carbons (Fsp3) is 0.179. The first-order valence-electron chi connectivity index (χ1n) is 11.5. The number of aromatic nitrogens is 1. The molecule has 0 radical (unpaired) electrons. The van der Waals surface area contributed by atoms with Gasteiger partial charge in [-0.1, -0.05) is 57.9 Å². The molecular weight excluding hydrogens is 566 g/mol. The fourth-order valence-electron chi connectivity index (χ4n) is 4.37. The van der Waals surface area contributed by atoms with E-state index in [1.807, 2.05) is 36.4 Å². The van der Waals surface area contributed by atoms with Crippen molar-refractivity contribution in [2.75, 3.05) is 6.54 Å². The molecule has 0 fully saturated rings. The van der Waals surface area contributed by atoms with Crippen LogP contribution in [0.1, 0.15) is 40.2 Å². The molecule has 4 aromatic rings. The predicted octanol–water partition coefficient (Wildman–Crippen LogP) is 7.28. The number of carboxylic acid groups (broad SMARTS) is 1. The lowest BCUT2D eigenvalue weighted by Crippen LogP contribution is -2.30. The first-order chi connectivity index (χ1) is 17.7. The van der Waals surface area contributed by atoms with E-state index >= 15 is 0 Å². The van der Waals surface area contributed by atoms with Gasteiger partial charge < -0.3 is 10.4 Å². The molecule has 0 aliphatic heterocycles. The van der Waals surface area contributed by atoms with Crippen LogP contribution in [-0.2, 0) is 4.79 Å². The van der Waals surface area contributed by atoms with Crippen LogP contribution in [-0.4, -0.2) is 28.5 Å². The molecule has 1 amide bonds. The Morgan fingerprint density at radius 2 is 1.78 bits per heavy atom. The Hall–Kier alpha value is -3.36. The molecular formula is C28H22BrClF2N2O3. The number of amides is 1. The zero-order valence-electron chi connectivity index (χ0n) is 19.7. The van der Waals surface area contributed by atoms with Gasteiger partial charge in [0.15, 0.2) is 0 Å². The molecule has 0 bridgehead atoms. The summed E-state index contributed by atoms with van der Waals surface area (Å²) in [7, 11) is 0. The maximum Gasteiger partial charge on any atom is 0.303 e. The van der Waals surface area contributed by atoms with Crippen molar-refractivity contribution in [3.05, 3.63) is 98.5 Å². The molecule has 0 unspecified atom stereocenters. The van der Waals surface area contributed by atoms with Gasteiger partial charge in [-0.3, -0.25) is 9.59 Å². The Balaban J connectivity index is 1.74. The van der Waals surface area contributed by atoms with Crippen LogP contribution >= 0.6 is 27.5 Å². The van der Waals surface area contributed by atoms with Crippen LogP contribution in [0.2, 0.25) is 5.02 Å². The smallest absolute Gasteiger partial charge is 0.303 e. The number of rotatable bonds is 8. The van der Waals surface area contributed by atoms with Crippen LogP contribution in [0, 0.1) is 18.6 Å². The Morgan fingerprint density at radius 3 is 2.49 bits per heavy atom. The molecule has 1 aromatic heterocycles. The van der Waals surface area contributed by atoms with Crippen molar-refractivity contribution < 1.29 is 23.5 Å². The average Bonchev–Trinajstić information content (AvgIpc) is 2.87. The quantitative estimate of drug-likeness (QED) is 0.212. The number of halogens is 4. The highest BCUT2D eigenvalue weighted by Crippen LogP contribution is 2.34. The highest BCUT2D eigenvalue weighted by Gasteiger charge is 2.25. The summed E-state index contributed by atoms with van der Waals surface area (Å²) in [6.07, 6.45) is -0.359. The molecule has 0 saturated heterocycles. The number of fused-ring (bicyclic) bond motifs is 1. The Labute approximate surface area is 225 Å². The molecule has 1 atom stereocenters. The Bertz CT molecular complexity index is 1500. The third-order valence-electron chi connectivity index (χ3n) is 6.17. The minimum absolute atomic E-state index is 0.0490. The van der Waals surface area contributed by atoms with Crippen molar-refractivity contribution in [1.82, 2.24) is 10.3 Å². The van der Waals surface area contributed by atoms with Crippen molar-refractivity contribution in [2.45, 2.75) is 25.7 Å². The van der Waals surface area contributed by atoms with E-state index in [2.05, 4.69) is 21.2 Å². The predicted molar refractivity (Wildman–Crippen MR) is 143 cm³/mol. The second-order valence-corrected chi connectivity index (χ2v) is 9.88. The summed E-state index contributed by atoms with van der Waals surface area (Å²) in [5, 5.41) is 12.2. The van der Waals surface area contributed by atoms with Crippen molar-refractivity contribution >= 4 is 50.3 Å². The van der Waals surface area contributed by atoms with E-state index in [-0.39, 0.29) is 24.9 Å². The van der Waals surface area contributed by atoms with Crippen LogP contribution in [0.4, 0.5) is 8.78 Å². The molecule has 0 aliphatic rings. The summed E-state index contributed by atoms with van der Waals surface area (Å²) < 4.78 is 29.6. The third kappa shape index (κ3) is 5.81. The number of aliphatic carboxylic acids is 1. The van der Waals surface area contributed by atoms with E-state index in [9.17, 15) is 23.5 Å². The molecule has 3 aromatic carbocycles. The average molecular weight is 588 g/mol. The zero-order valence-corrected chi connectivity index (χ0v) is 22.0. The molecule has 4 rings (SSSR count). The van der Waals surface area contributed by atoms with Gasteiger partial charge in [-0.15, -0.1) is 0 Å². The summed E-state index contributed by atoms with van der Waals surface area (Å²) in [6.45, 7) is 1.65. The number of carboxylic acids is 1. The SMILES string of the molecule is Cc1c(-c2ccccc2)nc2ccc(Br)cc2c1C(=O)NC[C@H](CCC(=O)O)c1c(F)ccc(F)c1Cl. The third-order valence-corrected chi connectivity index (χ3v) is 7.05. The minimum atomic E-state index is -1.10. The standard InChI is InChI=1S/C28H22BrClF2N2O3/c1-15-24(19-13-18(29)8-11-22(19)34-27(15)16-5-3-2-4-6-16)28(37)33-14-17(7-12-23(35)36)25-20(31)9-10-21(32)26(25)30/h2-6,8-11,13,17H,7,12,14H2,1H3,(H,33,37)(H,35,36)/t17-/m0/s1. The van der Waals surface area contributed by atoms with Gasteiger partial charge in [-0.2, -0.15) is 0 Å². The Morgan fingerprint density at radius 1 is 1.08 bits per heavy atom. The summed E-state index contributed by atoms with van der Waals surface area (Å²) in [5.41, 5.74) is 2.96. The van der Waals surface area contributed by atoms with Crippen molar-refractivity contribution in [3.8, 4) is 11.3 Å². The topological polar surface area (TPSA) is 79.3 Å². The highest BCUT2D eigenvalue weighted by atomic mass is 79.9. The highest BCUT2D eigenvalue weighted by molar-refractivity contribution is 9.10. The number of benzene rings is 3. The van der Waals surface area contributed by atoms with Crippen LogP contribution in [0.5, 0.6) is 0 Å². The number of nitrogens with zero attached hydrogens (tertiary/aromatic N) is 1. The van der Waals surface area contributed by atoms with E-state index in [1.54, 1.807) is 19.1 Å². The van der Waals surface area contributed by atoms with Crippen LogP contribution in [0.15, 0.2) is 65.1 Å². The second-order valence-electron chi connectivity index (χ2n) is 8.58. The monoisotopic (exact) mass is 586 g/mol. The fourth-order valence-corrected chi connectivity index (χ4v) is 5.04. The van der Waals surface area contributed by atoms with E-state index in [4.69, 9.17) is 16.6 Å². The van der Waals surface area contributed by atoms with Gasteiger partial charge >= 0.3 is 5.97 Å². The van der Waals surface area contributed by atoms with Crippen LogP contribution in [0.3, 0.4) is 0 Å². The summed E-state index contributed by atoms with van der Waals surface area (Å²) in [4.78, 5) is 29.6. The van der Waals surface area contributed by atoms with Gasteiger partial charge in [0.1, 0.15) is 11.6 Å². The maximum absolute atomic E-state index is 14.7. The van der Waals surface area contributed by atoms with E-state index < -0.39 is 34.5 Å². The second kappa shape index (κ2) is 11.4. The first kappa shape index (κ1) is 26.7. The number of hydrogen-bond acceptors (Lipinski definition) is 3. The summed E-state index contributed by atoms with van der Waals surface area (Å²) >= 11 is 9.51. The lowest BCUT2D eigenvalue weighted by atomic mass is 9.92. The summed E-state index contributed by atoms with van der Waals surface area (Å²) in [6, 6.07) is 16.7. The lowest BCUT2D eigenvalue weighted by molar-refractivity contribution is -0.137. The largest absolute Gasteiger partial charge is 0.481 e. The molecule has 0 aliphatic carbocycles. The number of hydrogen-bond donors (Lipinski definition) is 2. The number of nitrogens with one attached hydrogen (secondary N) is 1. The van der Waals surface area contributed by atoms with Gasteiger partial charge in [0.2, 0.25) is 0 Å². The van der Waals surface area contributed by atoms with Gasteiger partial charge in [-0.05, 0) is 49.2 Å². The van der Waals surface area contributed by atoms with Crippen molar-refractivity contribution in [3.63, 3.8) is 0 Å². The van der Waals surface area contributed by atoms with Crippen molar-refractivity contribution in [1.29, 1.82) is 0 Å². The van der Waals surface area contributed by atoms with Gasteiger partial charge in [0.05, 0.1) is 21.8 Å². The number of pyridine rings is 1. The molecule has 190 valence electrons. The van der Waals surface area contributed by atoms with Crippen LogP contribution in [0.25, 0.3) is 22.2 Å². The summed E-state index contributed by atoms with van der Waals surface area (Å²) in [5.74, 6) is -4.00. The molecule has 0 saturated carbocycles. The van der Waals surface area contributed by atoms with Crippen molar-refractivity contribution in [2.24, 2.45) is 0 Å². The van der Waals surface area contributed by atoms with Gasteiger partial charge in [-0.25, -0.2) is 13.8 Å². The molecule has 0 spiro atoms. The minimum Gasteiger partial charge on any atom is -0.481 e. The van der Waals surface area contributed by atoms with E-state index in [0.29, 0.717) is 27.7 Å².